The summed E-state index contributed by atoms with van der Waals surface area (Å²) < 4.78 is 0. The zero-order valence-corrected chi connectivity index (χ0v) is 11.2. The molecule has 2 heteroatoms. The molecule has 0 aliphatic rings. The van der Waals surface area contributed by atoms with E-state index in [1.54, 1.807) is 0 Å². The Morgan fingerprint density at radius 3 is 2.00 bits per heavy atom. The van der Waals surface area contributed by atoms with E-state index in [9.17, 15) is 9.90 Å². The first-order chi connectivity index (χ1) is 7.76. The first-order valence-corrected chi connectivity index (χ1v) is 6.05. The van der Waals surface area contributed by atoms with Crippen LogP contribution in [-0.2, 0) is 10.2 Å². The minimum Gasteiger partial charge on any atom is -0.481 e. The van der Waals surface area contributed by atoms with Gasteiger partial charge in [-0.05, 0) is 30.7 Å². The molecule has 0 radical (unpaired) electrons. The Balaban J connectivity index is 2.95. The third-order valence-corrected chi connectivity index (χ3v) is 3.26. The van der Waals surface area contributed by atoms with Gasteiger partial charge in [-0.15, -0.1) is 0 Å². The van der Waals surface area contributed by atoms with Gasteiger partial charge in [0.2, 0.25) is 0 Å². The van der Waals surface area contributed by atoms with Crippen LogP contribution in [0, 0.1) is 5.41 Å². The first kappa shape index (κ1) is 13.8. The van der Waals surface area contributed by atoms with Crippen LogP contribution in [0.3, 0.4) is 0 Å². The van der Waals surface area contributed by atoms with Crippen LogP contribution >= 0.6 is 0 Å². The Morgan fingerprint density at radius 1 is 1.06 bits per heavy atom. The lowest BCUT2D eigenvalue weighted by molar-refractivity contribution is -0.143. The number of carbonyl (C=O) groups is 1. The molecular weight excluding hydrogens is 212 g/mol. The number of benzene rings is 1. The summed E-state index contributed by atoms with van der Waals surface area (Å²) in [5.74, 6) is -0.743. The molecule has 94 valence electrons. The summed E-state index contributed by atoms with van der Waals surface area (Å²) in [6, 6.07) is 9.50. The highest BCUT2D eigenvalue weighted by molar-refractivity contribution is 5.80. The van der Waals surface area contributed by atoms with E-state index in [1.807, 2.05) is 37.3 Å². The third kappa shape index (κ3) is 3.58. The summed E-state index contributed by atoms with van der Waals surface area (Å²) in [5.41, 5.74) is 0.261. The van der Waals surface area contributed by atoms with Gasteiger partial charge in [0.25, 0.3) is 0 Å². The Morgan fingerprint density at radius 2 is 1.59 bits per heavy atom. The molecule has 0 spiro atoms. The van der Waals surface area contributed by atoms with Crippen molar-refractivity contribution in [1.29, 1.82) is 0 Å². The number of carboxylic acids is 1. The molecule has 0 aliphatic carbocycles. The summed E-state index contributed by atoms with van der Waals surface area (Å²) in [7, 11) is 0. The van der Waals surface area contributed by atoms with Gasteiger partial charge in [-0.1, -0.05) is 51.1 Å². The molecule has 1 aromatic rings. The van der Waals surface area contributed by atoms with Gasteiger partial charge in [0.1, 0.15) is 0 Å². The average Bonchev–Trinajstić information content (AvgIpc) is 2.26. The van der Waals surface area contributed by atoms with E-state index < -0.39 is 11.4 Å². The molecule has 0 amide bonds. The topological polar surface area (TPSA) is 37.3 Å². The maximum absolute atomic E-state index is 11.5. The number of carboxylic acid groups (broad SMARTS) is 1. The highest BCUT2D eigenvalue weighted by Gasteiger charge is 2.35. The van der Waals surface area contributed by atoms with Crippen molar-refractivity contribution in [3.05, 3.63) is 35.9 Å². The first-order valence-electron chi connectivity index (χ1n) is 6.05. The Labute approximate surface area is 104 Å². The molecule has 1 N–H and O–H groups in total. The Kier molecular flexibility index (Phi) is 3.97. The van der Waals surface area contributed by atoms with Gasteiger partial charge in [0, 0.05) is 0 Å². The molecule has 1 rings (SSSR count). The molecule has 1 aromatic carbocycles. The van der Waals surface area contributed by atoms with E-state index in [4.69, 9.17) is 0 Å². The molecule has 0 heterocycles. The van der Waals surface area contributed by atoms with Crippen LogP contribution in [0.25, 0.3) is 0 Å². The normalized spacial score (nSPS) is 15.3. The molecule has 2 nitrogen and oxygen atoms in total. The highest BCUT2D eigenvalue weighted by Crippen LogP contribution is 2.34. The predicted octanol–water partition coefficient (Wildman–Crippen LogP) is 3.86. The molecule has 0 saturated heterocycles. The Hall–Kier alpha value is -1.31. The van der Waals surface area contributed by atoms with Crippen molar-refractivity contribution in [2.75, 3.05) is 0 Å². The van der Waals surface area contributed by atoms with Crippen molar-refractivity contribution in [3.63, 3.8) is 0 Å². The van der Waals surface area contributed by atoms with Crippen LogP contribution < -0.4 is 0 Å². The van der Waals surface area contributed by atoms with Crippen molar-refractivity contribution in [3.8, 4) is 0 Å². The summed E-state index contributed by atoms with van der Waals surface area (Å²) in [5, 5.41) is 9.48. The standard InChI is InChI=1S/C15H22O2/c1-14(2,3)10-11-15(4,13(16)17)12-8-6-5-7-9-12/h5-9H,10-11H2,1-4H3,(H,16,17). The maximum Gasteiger partial charge on any atom is 0.313 e. The fourth-order valence-corrected chi connectivity index (χ4v) is 1.81. The van der Waals surface area contributed by atoms with Crippen LogP contribution in [0.4, 0.5) is 0 Å². The zero-order valence-electron chi connectivity index (χ0n) is 11.2. The van der Waals surface area contributed by atoms with E-state index in [1.165, 1.54) is 0 Å². The lowest BCUT2D eigenvalue weighted by Gasteiger charge is -2.29. The van der Waals surface area contributed by atoms with Gasteiger partial charge in [0.05, 0.1) is 5.41 Å². The van der Waals surface area contributed by atoms with Crippen LogP contribution in [0.1, 0.15) is 46.1 Å². The third-order valence-electron chi connectivity index (χ3n) is 3.26. The lowest BCUT2D eigenvalue weighted by Crippen LogP contribution is -2.33. The molecule has 0 aliphatic heterocycles. The molecule has 1 atom stereocenters. The van der Waals surface area contributed by atoms with Gasteiger partial charge >= 0.3 is 5.97 Å². The number of aliphatic carboxylic acids is 1. The van der Waals surface area contributed by atoms with E-state index in [2.05, 4.69) is 20.8 Å². The molecule has 0 bridgehead atoms. The lowest BCUT2D eigenvalue weighted by atomic mass is 9.74. The molecule has 1 unspecified atom stereocenters. The van der Waals surface area contributed by atoms with Gasteiger partial charge < -0.3 is 5.11 Å². The van der Waals surface area contributed by atoms with Gasteiger partial charge in [-0.2, -0.15) is 0 Å². The second-order valence-corrected chi connectivity index (χ2v) is 6.06. The van der Waals surface area contributed by atoms with Crippen LogP contribution in [0.5, 0.6) is 0 Å². The van der Waals surface area contributed by atoms with Crippen molar-refractivity contribution in [1.82, 2.24) is 0 Å². The van der Waals surface area contributed by atoms with Crippen LogP contribution in [0.2, 0.25) is 0 Å². The fraction of sp³-hybridized carbons (Fsp3) is 0.533. The van der Waals surface area contributed by atoms with Crippen molar-refractivity contribution in [2.45, 2.75) is 46.0 Å². The molecule has 0 fully saturated rings. The second-order valence-electron chi connectivity index (χ2n) is 6.06. The van der Waals surface area contributed by atoms with E-state index in [0.29, 0.717) is 6.42 Å². The van der Waals surface area contributed by atoms with E-state index in [0.717, 1.165) is 12.0 Å². The minimum atomic E-state index is -0.783. The highest BCUT2D eigenvalue weighted by atomic mass is 16.4. The minimum absolute atomic E-state index is 0.158. The smallest absolute Gasteiger partial charge is 0.313 e. The van der Waals surface area contributed by atoms with E-state index in [-0.39, 0.29) is 5.41 Å². The molecule has 0 saturated carbocycles. The SMILES string of the molecule is CC(C)(C)CCC(C)(C(=O)O)c1ccccc1. The quantitative estimate of drug-likeness (QED) is 0.859. The number of rotatable bonds is 4. The zero-order chi connectivity index (χ0) is 13.1. The number of hydrogen-bond donors (Lipinski definition) is 1. The van der Waals surface area contributed by atoms with Crippen molar-refractivity contribution < 1.29 is 9.90 Å². The monoisotopic (exact) mass is 234 g/mol. The van der Waals surface area contributed by atoms with E-state index >= 15 is 0 Å². The average molecular weight is 234 g/mol. The second kappa shape index (κ2) is 4.91. The van der Waals surface area contributed by atoms with Gasteiger partial charge in [-0.25, -0.2) is 0 Å². The van der Waals surface area contributed by atoms with Crippen molar-refractivity contribution in [2.24, 2.45) is 5.41 Å². The largest absolute Gasteiger partial charge is 0.481 e. The van der Waals surface area contributed by atoms with Crippen LogP contribution in [0.15, 0.2) is 30.3 Å². The van der Waals surface area contributed by atoms with Crippen LogP contribution in [-0.4, -0.2) is 11.1 Å². The molecular formula is C15H22O2. The van der Waals surface area contributed by atoms with Gasteiger partial charge in [0.15, 0.2) is 0 Å². The summed E-state index contributed by atoms with van der Waals surface area (Å²) in [6.07, 6.45) is 1.56. The summed E-state index contributed by atoms with van der Waals surface area (Å²) in [4.78, 5) is 11.5. The Bertz CT molecular complexity index is 376. The predicted molar refractivity (Wildman–Crippen MR) is 70.1 cm³/mol. The summed E-state index contributed by atoms with van der Waals surface area (Å²) in [6.45, 7) is 8.23. The summed E-state index contributed by atoms with van der Waals surface area (Å²) >= 11 is 0. The maximum atomic E-state index is 11.5. The fourth-order valence-electron chi connectivity index (χ4n) is 1.81. The molecule has 0 aromatic heterocycles. The van der Waals surface area contributed by atoms with Gasteiger partial charge in [-0.3, -0.25) is 4.79 Å². The van der Waals surface area contributed by atoms with Crippen molar-refractivity contribution >= 4 is 5.97 Å². The number of hydrogen-bond acceptors (Lipinski definition) is 1. The molecule has 17 heavy (non-hydrogen) atoms.